The van der Waals surface area contributed by atoms with Crippen molar-refractivity contribution < 1.29 is 9.53 Å². The molecule has 0 bridgehead atoms. The summed E-state index contributed by atoms with van der Waals surface area (Å²) in [5, 5.41) is 0. The number of nitrogens with zero attached hydrogens (tertiary/aromatic N) is 1. The Kier molecular flexibility index (Phi) is 6.13. The zero-order chi connectivity index (χ0) is 14.3. The number of amides is 1. The lowest BCUT2D eigenvalue weighted by Gasteiger charge is -2.18. The van der Waals surface area contributed by atoms with E-state index in [2.05, 4.69) is 13.0 Å². The third-order valence-corrected chi connectivity index (χ3v) is 3.20. The van der Waals surface area contributed by atoms with E-state index in [-0.39, 0.29) is 12.5 Å². The molecule has 1 aromatic carbocycles. The third kappa shape index (κ3) is 4.43. The molecule has 3 nitrogen and oxygen atoms in total. The molecule has 3 heteroatoms. The monoisotopic (exact) mass is 261 g/mol. The average molecular weight is 261 g/mol. The van der Waals surface area contributed by atoms with Crippen LogP contribution in [0.5, 0.6) is 5.75 Å². The first-order valence-electron chi connectivity index (χ1n) is 6.76. The van der Waals surface area contributed by atoms with Gasteiger partial charge in [0.2, 0.25) is 0 Å². The van der Waals surface area contributed by atoms with Crippen LogP contribution in [-0.2, 0) is 4.79 Å². The van der Waals surface area contributed by atoms with Gasteiger partial charge >= 0.3 is 0 Å². The van der Waals surface area contributed by atoms with Crippen molar-refractivity contribution in [2.75, 3.05) is 19.7 Å². The smallest absolute Gasteiger partial charge is 0.260 e. The molecule has 19 heavy (non-hydrogen) atoms. The first-order valence-corrected chi connectivity index (χ1v) is 6.76. The van der Waals surface area contributed by atoms with Gasteiger partial charge < -0.3 is 9.64 Å². The highest BCUT2D eigenvalue weighted by molar-refractivity contribution is 5.77. The largest absolute Gasteiger partial charge is 0.484 e. The molecule has 0 aliphatic heterocycles. The van der Waals surface area contributed by atoms with E-state index in [1.54, 1.807) is 4.90 Å². The zero-order valence-electron chi connectivity index (χ0n) is 12.3. The Morgan fingerprint density at radius 1 is 1.32 bits per heavy atom. The highest BCUT2D eigenvalue weighted by Gasteiger charge is 2.10. The Bertz CT molecular complexity index is 448. The molecule has 104 valence electrons. The maximum absolute atomic E-state index is 11.8. The number of carbonyl (C=O) groups is 1. The van der Waals surface area contributed by atoms with Gasteiger partial charge in [-0.15, -0.1) is 0 Å². The van der Waals surface area contributed by atoms with Gasteiger partial charge in [-0.25, -0.2) is 0 Å². The minimum atomic E-state index is 0.0261. The molecule has 0 spiro atoms. The zero-order valence-corrected chi connectivity index (χ0v) is 12.3. The number of rotatable bonds is 6. The Hall–Kier alpha value is -1.77. The van der Waals surface area contributed by atoms with Crippen LogP contribution >= 0.6 is 0 Å². The van der Waals surface area contributed by atoms with Crippen LogP contribution in [0.4, 0.5) is 0 Å². The third-order valence-electron chi connectivity index (χ3n) is 3.20. The van der Waals surface area contributed by atoms with Crippen LogP contribution < -0.4 is 4.74 Å². The van der Waals surface area contributed by atoms with Gasteiger partial charge in [0, 0.05) is 13.1 Å². The van der Waals surface area contributed by atoms with Gasteiger partial charge in [-0.2, -0.15) is 0 Å². The van der Waals surface area contributed by atoms with E-state index in [0.29, 0.717) is 0 Å². The van der Waals surface area contributed by atoms with Crippen LogP contribution in [0.3, 0.4) is 0 Å². The summed E-state index contributed by atoms with van der Waals surface area (Å²) in [5.74, 6) is 0.761. The number of hydrogen-bond donors (Lipinski definition) is 0. The van der Waals surface area contributed by atoms with E-state index < -0.39 is 0 Å². The van der Waals surface area contributed by atoms with E-state index in [1.807, 2.05) is 45.0 Å². The van der Waals surface area contributed by atoms with E-state index in [4.69, 9.17) is 4.74 Å². The molecule has 0 atom stereocenters. The molecular formula is C16H23NO2. The molecule has 0 N–H and O–H groups in total. The summed E-state index contributed by atoms with van der Waals surface area (Å²) >= 11 is 0. The molecule has 1 rings (SSSR count). The molecule has 0 aromatic heterocycles. The van der Waals surface area contributed by atoms with E-state index >= 15 is 0 Å². The van der Waals surface area contributed by atoms with Crippen molar-refractivity contribution in [3.8, 4) is 5.75 Å². The average Bonchev–Trinajstić information content (AvgIpc) is 2.45. The summed E-state index contributed by atoms with van der Waals surface area (Å²) in [7, 11) is 0. The number of hydrogen-bond acceptors (Lipinski definition) is 2. The molecule has 1 amide bonds. The van der Waals surface area contributed by atoms with Gasteiger partial charge in [-0.1, -0.05) is 18.2 Å². The van der Waals surface area contributed by atoms with Crippen molar-refractivity contribution in [3.63, 3.8) is 0 Å². The van der Waals surface area contributed by atoms with Gasteiger partial charge in [0.05, 0.1) is 0 Å². The van der Waals surface area contributed by atoms with Crippen molar-refractivity contribution in [1.29, 1.82) is 0 Å². The van der Waals surface area contributed by atoms with Crippen LogP contribution in [0.25, 0.3) is 5.57 Å². The van der Waals surface area contributed by atoms with Gasteiger partial charge in [-0.05, 0) is 51.0 Å². The second-order valence-corrected chi connectivity index (χ2v) is 4.35. The summed E-state index contributed by atoms with van der Waals surface area (Å²) in [5.41, 5.74) is 2.32. The molecule has 0 fully saturated rings. The SMILES string of the molecule is CC=C(C)c1cccc(OCC(=O)N(CC)CC)c1. The summed E-state index contributed by atoms with van der Waals surface area (Å²) in [6, 6.07) is 7.82. The second kappa shape index (κ2) is 7.62. The van der Waals surface area contributed by atoms with E-state index in [1.165, 1.54) is 5.57 Å². The fraction of sp³-hybridized carbons (Fsp3) is 0.438. The van der Waals surface area contributed by atoms with Gasteiger partial charge in [-0.3, -0.25) is 4.79 Å². The van der Waals surface area contributed by atoms with Gasteiger partial charge in [0.25, 0.3) is 5.91 Å². The summed E-state index contributed by atoms with van der Waals surface area (Å²) in [6.07, 6.45) is 2.06. The summed E-state index contributed by atoms with van der Waals surface area (Å²) < 4.78 is 5.57. The number of likely N-dealkylation sites (N-methyl/N-ethyl adjacent to an activating group) is 1. The molecule has 0 radical (unpaired) electrons. The number of carbonyl (C=O) groups excluding carboxylic acids is 1. The number of ether oxygens (including phenoxy) is 1. The lowest BCUT2D eigenvalue weighted by molar-refractivity contribution is -0.132. The fourth-order valence-electron chi connectivity index (χ4n) is 1.81. The normalized spacial score (nSPS) is 11.3. The fourth-order valence-corrected chi connectivity index (χ4v) is 1.81. The minimum absolute atomic E-state index is 0.0261. The molecule has 1 aromatic rings. The molecule has 0 saturated carbocycles. The lowest BCUT2D eigenvalue weighted by Crippen LogP contribution is -2.34. The van der Waals surface area contributed by atoms with Gasteiger partial charge in [0.15, 0.2) is 6.61 Å². The second-order valence-electron chi connectivity index (χ2n) is 4.35. The first kappa shape index (κ1) is 15.3. The highest BCUT2D eigenvalue weighted by atomic mass is 16.5. The Labute approximate surface area is 115 Å². The Balaban J connectivity index is 2.66. The molecule has 0 aliphatic rings. The van der Waals surface area contributed by atoms with Crippen LogP contribution in [0.15, 0.2) is 30.3 Å². The minimum Gasteiger partial charge on any atom is -0.484 e. The van der Waals surface area contributed by atoms with Gasteiger partial charge in [0.1, 0.15) is 5.75 Å². The summed E-state index contributed by atoms with van der Waals surface area (Å²) in [6.45, 7) is 9.54. The molecule has 0 heterocycles. The molecule has 0 unspecified atom stereocenters. The maximum Gasteiger partial charge on any atom is 0.260 e. The van der Waals surface area contributed by atoms with Crippen LogP contribution in [-0.4, -0.2) is 30.5 Å². The molecule has 0 aliphatic carbocycles. The Morgan fingerprint density at radius 2 is 2.00 bits per heavy atom. The van der Waals surface area contributed by atoms with Crippen molar-refractivity contribution in [2.45, 2.75) is 27.7 Å². The van der Waals surface area contributed by atoms with Crippen LogP contribution in [0.1, 0.15) is 33.3 Å². The van der Waals surface area contributed by atoms with Crippen molar-refractivity contribution in [3.05, 3.63) is 35.9 Å². The van der Waals surface area contributed by atoms with Crippen molar-refractivity contribution in [1.82, 2.24) is 4.90 Å². The molecule has 0 saturated heterocycles. The quantitative estimate of drug-likeness (QED) is 0.786. The Morgan fingerprint density at radius 3 is 2.58 bits per heavy atom. The van der Waals surface area contributed by atoms with E-state index in [9.17, 15) is 4.79 Å². The predicted molar refractivity (Wildman–Crippen MR) is 79.2 cm³/mol. The predicted octanol–water partition coefficient (Wildman–Crippen LogP) is 3.36. The van der Waals surface area contributed by atoms with Crippen molar-refractivity contribution >= 4 is 11.5 Å². The first-order chi connectivity index (χ1) is 9.12. The highest BCUT2D eigenvalue weighted by Crippen LogP contribution is 2.19. The van der Waals surface area contributed by atoms with Crippen LogP contribution in [0, 0.1) is 0 Å². The summed E-state index contributed by atoms with van der Waals surface area (Å²) in [4.78, 5) is 13.6. The van der Waals surface area contributed by atoms with Crippen molar-refractivity contribution in [2.24, 2.45) is 0 Å². The lowest BCUT2D eigenvalue weighted by atomic mass is 10.1. The maximum atomic E-state index is 11.8. The van der Waals surface area contributed by atoms with Crippen LogP contribution in [0.2, 0.25) is 0 Å². The molecular weight excluding hydrogens is 238 g/mol. The topological polar surface area (TPSA) is 29.5 Å². The standard InChI is InChI=1S/C16H23NO2/c1-5-13(4)14-9-8-10-15(11-14)19-12-16(18)17(6-2)7-3/h5,8-11H,6-7,12H2,1-4H3. The number of allylic oxidation sites excluding steroid dienone is 2. The number of benzene rings is 1. The van der Waals surface area contributed by atoms with E-state index in [0.717, 1.165) is 24.4 Å².